The summed E-state index contributed by atoms with van der Waals surface area (Å²) in [5.74, 6) is -0.998. The summed E-state index contributed by atoms with van der Waals surface area (Å²) >= 11 is 0. The van der Waals surface area contributed by atoms with Crippen molar-refractivity contribution in [2.45, 2.75) is 38.1 Å². The third-order valence-corrected chi connectivity index (χ3v) is 3.77. The molecule has 2 amide bonds. The molecule has 1 aliphatic rings. The third-order valence-electron chi connectivity index (χ3n) is 3.77. The molecular weight excluding hydrogens is 268 g/mol. The van der Waals surface area contributed by atoms with Crippen LogP contribution in [0, 0.1) is 0 Å². The number of aliphatic carboxylic acids is 1. The van der Waals surface area contributed by atoms with Gasteiger partial charge in [-0.05, 0) is 18.4 Å². The van der Waals surface area contributed by atoms with E-state index < -0.39 is 12.0 Å². The maximum absolute atomic E-state index is 12.2. The topological polar surface area (TPSA) is 69.6 Å². The molecule has 0 unspecified atom stereocenters. The van der Waals surface area contributed by atoms with Gasteiger partial charge in [0.25, 0.3) is 0 Å². The number of carbonyl (C=O) groups is 2. The van der Waals surface area contributed by atoms with Crippen molar-refractivity contribution < 1.29 is 14.7 Å². The molecule has 2 N–H and O–H groups in total. The summed E-state index contributed by atoms with van der Waals surface area (Å²) in [7, 11) is 0. The Labute approximate surface area is 125 Å². The average molecular weight is 290 g/mol. The molecule has 5 heteroatoms. The van der Waals surface area contributed by atoms with Crippen molar-refractivity contribution in [1.82, 2.24) is 10.2 Å². The molecule has 0 aromatic heterocycles. The van der Waals surface area contributed by atoms with Gasteiger partial charge in [0.1, 0.15) is 6.04 Å². The van der Waals surface area contributed by atoms with Crippen LogP contribution in [-0.2, 0) is 11.2 Å². The van der Waals surface area contributed by atoms with Crippen LogP contribution in [0.3, 0.4) is 0 Å². The van der Waals surface area contributed by atoms with Crippen molar-refractivity contribution in [3.63, 3.8) is 0 Å². The van der Waals surface area contributed by atoms with Gasteiger partial charge in [0.15, 0.2) is 0 Å². The quantitative estimate of drug-likeness (QED) is 0.893. The number of rotatable bonds is 4. The summed E-state index contributed by atoms with van der Waals surface area (Å²) in [6.07, 6.45) is 4.55. The van der Waals surface area contributed by atoms with Crippen molar-refractivity contribution >= 4 is 12.0 Å². The second kappa shape index (κ2) is 7.67. The van der Waals surface area contributed by atoms with Gasteiger partial charge in [-0.2, -0.15) is 0 Å². The van der Waals surface area contributed by atoms with Gasteiger partial charge in [-0.3, -0.25) is 0 Å². The number of hydrogen-bond acceptors (Lipinski definition) is 2. The molecule has 5 nitrogen and oxygen atoms in total. The molecule has 0 aliphatic carbocycles. The molecule has 0 spiro atoms. The Balaban J connectivity index is 1.95. The first-order valence-corrected chi connectivity index (χ1v) is 7.49. The van der Waals surface area contributed by atoms with Crippen LogP contribution in [0.1, 0.15) is 31.2 Å². The summed E-state index contributed by atoms with van der Waals surface area (Å²) in [5.41, 5.74) is 0.904. The Morgan fingerprint density at radius 2 is 1.71 bits per heavy atom. The molecule has 1 aromatic carbocycles. The Kier molecular flexibility index (Phi) is 5.60. The molecule has 21 heavy (non-hydrogen) atoms. The highest BCUT2D eigenvalue weighted by atomic mass is 16.4. The minimum atomic E-state index is -0.998. The van der Waals surface area contributed by atoms with Gasteiger partial charge in [-0.1, -0.05) is 43.2 Å². The first kappa shape index (κ1) is 15.4. The van der Waals surface area contributed by atoms with Crippen molar-refractivity contribution in [2.24, 2.45) is 0 Å². The predicted molar refractivity (Wildman–Crippen MR) is 80.1 cm³/mol. The van der Waals surface area contributed by atoms with Gasteiger partial charge in [0, 0.05) is 19.5 Å². The highest BCUT2D eigenvalue weighted by Gasteiger charge is 2.23. The van der Waals surface area contributed by atoms with E-state index in [0.717, 1.165) is 31.2 Å². The largest absolute Gasteiger partial charge is 0.480 e. The van der Waals surface area contributed by atoms with E-state index in [2.05, 4.69) is 5.32 Å². The first-order chi connectivity index (χ1) is 10.2. The van der Waals surface area contributed by atoms with Gasteiger partial charge in [-0.15, -0.1) is 0 Å². The van der Waals surface area contributed by atoms with E-state index in [4.69, 9.17) is 0 Å². The van der Waals surface area contributed by atoms with E-state index >= 15 is 0 Å². The van der Waals surface area contributed by atoms with Crippen LogP contribution < -0.4 is 5.32 Å². The lowest BCUT2D eigenvalue weighted by molar-refractivity contribution is -0.139. The lowest BCUT2D eigenvalue weighted by Gasteiger charge is -2.23. The summed E-state index contributed by atoms with van der Waals surface area (Å²) in [5, 5.41) is 12.0. The standard InChI is InChI=1S/C16H22N2O3/c19-15(20)14(12-13-8-4-3-5-9-13)17-16(21)18-10-6-1-2-7-11-18/h3-5,8-9,14H,1-2,6-7,10-12H2,(H,17,21)(H,19,20)/t14-/m0/s1. The molecule has 1 aromatic rings. The van der Waals surface area contributed by atoms with Crippen LogP contribution in [0.15, 0.2) is 30.3 Å². The minimum absolute atomic E-state index is 0.264. The summed E-state index contributed by atoms with van der Waals surface area (Å²) in [4.78, 5) is 25.3. The van der Waals surface area contributed by atoms with E-state index in [9.17, 15) is 14.7 Å². The molecule has 1 atom stereocenters. The van der Waals surface area contributed by atoms with Gasteiger partial charge >= 0.3 is 12.0 Å². The third kappa shape index (κ3) is 4.77. The van der Waals surface area contributed by atoms with Gasteiger partial charge in [0.2, 0.25) is 0 Å². The Bertz CT molecular complexity index is 468. The Hall–Kier alpha value is -2.04. The number of carbonyl (C=O) groups excluding carboxylic acids is 1. The molecule has 0 saturated carbocycles. The maximum atomic E-state index is 12.2. The van der Waals surface area contributed by atoms with Crippen LogP contribution >= 0.6 is 0 Å². The maximum Gasteiger partial charge on any atom is 0.326 e. The van der Waals surface area contributed by atoms with Gasteiger partial charge < -0.3 is 15.3 Å². The molecule has 1 fully saturated rings. The molecule has 1 aliphatic heterocycles. The van der Waals surface area contributed by atoms with Crippen molar-refractivity contribution in [1.29, 1.82) is 0 Å². The first-order valence-electron chi connectivity index (χ1n) is 7.49. The number of nitrogens with zero attached hydrogens (tertiary/aromatic N) is 1. The van der Waals surface area contributed by atoms with Crippen LogP contribution in [0.5, 0.6) is 0 Å². The zero-order valence-electron chi connectivity index (χ0n) is 12.1. The molecule has 2 rings (SSSR count). The van der Waals surface area contributed by atoms with Crippen LogP contribution in [0.25, 0.3) is 0 Å². The summed E-state index contributed by atoms with van der Waals surface area (Å²) in [6.45, 7) is 1.42. The Morgan fingerprint density at radius 3 is 2.29 bits per heavy atom. The van der Waals surface area contributed by atoms with E-state index in [1.165, 1.54) is 0 Å². The van der Waals surface area contributed by atoms with Crippen molar-refractivity contribution in [3.05, 3.63) is 35.9 Å². The molecule has 114 valence electrons. The lowest BCUT2D eigenvalue weighted by atomic mass is 10.1. The molecular formula is C16H22N2O3. The fraction of sp³-hybridized carbons (Fsp3) is 0.500. The number of likely N-dealkylation sites (tertiary alicyclic amines) is 1. The number of urea groups is 1. The van der Waals surface area contributed by atoms with Gasteiger partial charge in [0.05, 0.1) is 0 Å². The predicted octanol–water partition coefficient (Wildman–Crippen LogP) is 2.27. The monoisotopic (exact) mass is 290 g/mol. The number of amides is 2. The number of carboxylic acid groups (broad SMARTS) is 1. The zero-order valence-corrected chi connectivity index (χ0v) is 12.1. The smallest absolute Gasteiger partial charge is 0.326 e. The number of carboxylic acids is 1. The summed E-state index contributed by atoms with van der Waals surface area (Å²) in [6, 6.07) is 8.20. The zero-order chi connectivity index (χ0) is 15.1. The average Bonchev–Trinajstić information content (AvgIpc) is 2.76. The SMILES string of the molecule is O=C(O)[C@H](Cc1ccccc1)NC(=O)N1CCCCCC1. The van der Waals surface area contributed by atoms with E-state index in [1.807, 2.05) is 30.3 Å². The van der Waals surface area contributed by atoms with Gasteiger partial charge in [-0.25, -0.2) is 9.59 Å². The number of nitrogens with one attached hydrogen (secondary N) is 1. The van der Waals surface area contributed by atoms with Crippen molar-refractivity contribution in [2.75, 3.05) is 13.1 Å². The normalized spacial score (nSPS) is 16.9. The fourth-order valence-electron chi connectivity index (χ4n) is 2.56. The fourth-order valence-corrected chi connectivity index (χ4v) is 2.56. The second-order valence-corrected chi connectivity index (χ2v) is 5.43. The molecule has 1 heterocycles. The van der Waals surface area contributed by atoms with E-state index in [-0.39, 0.29) is 6.03 Å². The van der Waals surface area contributed by atoms with E-state index in [1.54, 1.807) is 4.90 Å². The number of benzene rings is 1. The molecule has 0 bridgehead atoms. The second-order valence-electron chi connectivity index (χ2n) is 5.43. The van der Waals surface area contributed by atoms with E-state index in [0.29, 0.717) is 19.5 Å². The van der Waals surface area contributed by atoms with Crippen LogP contribution in [-0.4, -0.2) is 41.1 Å². The highest BCUT2D eigenvalue weighted by Crippen LogP contribution is 2.10. The van der Waals surface area contributed by atoms with Crippen LogP contribution in [0.2, 0.25) is 0 Å². The lowest BCUT2D eigenvalue weighted by Crippen LogP contribution is -2.49. The molecule has 1 saturated heterocycles. The number of hydrogen-bond donors (Lipinski definition) is 2. The van der Waals surface area contributed by atoms with Crippen molar-refractivity contribution in [3.8, 4) is 0 Å². The van der Waals surface area contributed by atoms with Crippen LogP contribution in [0.4, 0.5) is 4.79 Å². The highest BCUT2D eigenvalue weighted by molar-refractivity contribution is 5.82. The molecule has 0 radical (unpaired) electrons. The summed E-state index contributed by atoms with van der Waals surface area (Å²) < 4.78 is 0. The minimum Gasteiger partial charge on any atom is -0.480 e. The Morgan fingerprint density at radius 1 is 1.10 bits per heavy atom.